The standard InChI is InChI=1S/C14H20F3NS/c1-2-9-18-11-13(8-10-19-14(15,16)17)12-6-4-3-5-7-12/h3-7,13,18H,2,8-11H2,1H3. The highest BCUT2D eigenvalue weighted by Gasteiger charge is 2.28. The average Bonchev–Trinajstić information content (AvgIpc) is 2.37. The largest absolute Gasteiger partial charge is 0.441 e. The summed E-state index contributed by atoms with van der Waals surface area (Å²) in [6.45, 7) is 3.70. The summed E-state index contributed by atoms with van der Waals surface area (Å²) in [5, 5.41) is 3.29. The Kier molecular flexibility index (Phi) is 7.31. The fourth-order valence-electron chi connectivity index (χ4n) is 1.88. The third-order valence-corrected chi connectivity index (χ3v) is 3.59. The second kappa shape index (κ2) is 8.48. The van der Waals surface area contributed by atoms with Crippen molar-refractivity contribution in [3.63, 3.8) is 0 Å². The maximum absolute atomic E-state index is 12.2. The highest BCUT2D eigenvalue weighted by Crippen LogP contribution is 2.32. The molecule has 1 atom stereocenters. The van der Waals surface area contributed by atoms with E-state index in [1.165, 1.54) is 0 Å². The fraction of sp³-hybridized carbons (Fsp3) is 0.571. The molecule has 0 saturated heterocycles. The number of hydrogen-bond acceptors (Lipinski definition) is 2. The Morgan fingerprint density at radius 3 is 2.47 bits per heavy atom. The molecule has 0 saturated carbocycles. The summed E-state index contributed by atoms with van der Waals surface area (Å²) >= 11 is 0.0680. The van der Waals surface area contributed by atoms with Crippen molar-refractivity contribution in [2.45, 2.75) is 31.2 Å². The van der Waals surface area contributed by atoms with Crippen LogP contribution in [0.5, 0.6) is 0 Å². The molecule has 108 valence electrons. The molecule has 1 N–H and O–H groups in total. The molecule has 0 aliphatic heterocycles. The highest BCUT2D eigenvalue weighted by atomic mass is 32.2. The second-order valence-corrected chi connectivity index (χ2v) is 5.55. The normalized spacial score (nSPS) is 13.5. The van der Waals surface area contributed by atoms with Crippen molar-refractivity contribution in [3.8, 4) is 0 Å². The monoisotopic (exact) mass is 291 g/mol. The molecule has 1 nitrogen and oxygen atoms in total. The molecule has 0 aromatic heterocycles. The zero-order valence-corrected chi connectivity index (χ0v) is 11.9. The van der Waals surface area contributed by atoms with Crippen LogP contribution >= 0.6 is 11.8 Å². The molecular formula is C14H20F3NS. The number of alkyl halides is 3. The summed E-state index contributed by atoms with van der Waals surface area (Å²) < 4.78 is 36.5. The predicted octanol–water partition coefficient (Wildman–Crippen LogP) is 4.41. The number of rotatable bonds is 8. The lowest BCUT2D eigenvalue weighted by atomic mass is 9.96. The van der Waals surface area contributed by atoms with Crippen LogP contribution in [0.15, 0.2) is 30.3 Å². The first-order chi connectivity index (χ1) is 9.03. The van der Waals surface area contributed by atoms with Gasteiger partial charge in [0.1, 0.15) is 0 Å². The first-order valence-corrected chi connectivity index (χ1v) is 7.48. The van der Waals surface area contributed by atoms with Gasteiger partial charge in [0, 0.05) is 12.3 Å². The SMILES string of the molecule is CCCNCC(CCSC(F)(F)F)c1ccccc1. The van der Waals surface area contributed by atoms with Crippen molar-refractivity contribution in [2.24, 2.45) is 0 Å². The Balaban J connectivity index is 2.50. The summed E-state index contributed by atoms with van der Waals surface area (Å²) in [6, 6.07) is 9.75. The zero-order chi connectivity index (χ0) is 14.1. The third kappa shape index (κ3) is 7.47. The van der Waals surface area contributed by atoms with E-state index >= 15 is 0 Å². The molecule has 0 aliphatic carbocycles. The van der Waals surface area contributed by atoms with E-state index in [1.807, 2.05) is 30.3 Å². The molecule has 1 unspecified atom stereocenters. The van der Waals surface area contributed by atoms with E-state index in [1.54, 1.807) is 0 Å². The average molecular weight is 291 g/mol. The Morgan fingerprint density at radius 2 is 1.89 bits per heavy atom. The van der Waals surface area contributed by atoms with Gasteiger partial charge in [-0.05, 0) is 30.9 Å². The molecule has 5 heteroatoms. The highest BCUT2D eigenvalue weighted by molar-refractivity contribution is 8.00. The van der Waals surface area contributed by atoms with Crippen LogP contribution in [0, 0.1) is 0 Å². The summed E-state index contributed by atoms with van der Waals surface area (Å²) in [5.74, 6) is 0.249. The fourth-order valence-corrected chi connectivity index (χ4v) is 2.52. The van der Waals surface area contributed by atoms with Gasteiger partial charge in [0.05, 0.1) is 0 Å². The molecule has 0 amide bonds. The van der Waals surface area contributed by atoms with Crippen LogP contribution in [0.1, 0.15) is 31.2 Å². The Morgan fingerprint density at radius 1 is 1.21 bits per heavy atom. The van der Waals surface area contributed by atoms with Crippen LogP contribution in [0.3, 0.4) is 0 Å². The smallest absolute Gasteiger partial charge is 0.316 e. The van der Waals surface area contributed by atoms with Crippen LogP contribution < -0.4 is 5.32 Å². The minimum atomic E-state index is -4.13. The number of halogens is 3. The van der Waals surface area contributed by atoms with E-state index in [0.717, 1.165) is 25.1 Å². The minimum absolute atomic E-state index is 0.0680. The van der Waals surface area contributed by atoms with Gasteiger partial charge in [-0.15, -0.1) is 0 Å². The molecule has 1 aromatic carbocycles. The second-order valence-electron chi connectivity index (χ2n) is 4.39. The molecule has 1 rings (SSSR count). The van der Waals surface area contributed by atoms with Gasteiger partial charge in [0.25, 0.3) is 0 Å². The summed E-state index contributed by atoms with van der Waals surface area (Å²) in [7, 11) is 0. The molecule has 0 heterocycles. The van der Waals surface area contributed by atoms with Crippen molar-refractivity contribution in [3.05, 3.63) is 35.9 Å². The molecule has 0 spiro atoms. The van der Waals surface area contributed by atoms with Crippen LogP contribution in [0.4, 0.5) is 13.2 Å². The van der Waals surface area contributed by atoms with Gasteiger partial charge in [0.15, 0.2) is 0 Å². The molecule has 0 radical (unpaired) electrons. The van der Waals surface area contributed by atoms with Gasteiger partial charge in [0.2, 0.25) is 0 Å². The molecule has 0 bridgehead atoms. The predicted molar refractivity (Wildman–Crippen MR) is 75.5 cm³/mol. The van der Waals surface area contributed by atoms with E-state index in [-0.39, 0.29) is 23.4 Å². The van der Waals surface area contributed by atoms with Crippen molar-refractivity contribution in [1.82, 2.24) is 5.32 Å². The molecule has 0 fully saturated rings. The van der Waals surface area contributed by atoms with Crippen molar-refractivity contribution < 1.29 is 13.2 Å². The quantitative estimate of drug-likeness (QED) is 0.712. The zero-order valence-electron chi connectivity index (χ0n) is 11.0. The lowest BCUT2D eigenvalue weighted by molar-refractivity contribution is -0.0328. The van der Waals surface area contributed by atoms with Gasteiger partial charge >= 0.3 is 5.51 Å². The topological polar surface area (TPSA) is 12.0 Å². The first-order valence-electron chi connectivity index (χ1n) is 6.49. The lowest BCUT2D eigenvalue weighted by Crippen LogP contribution is -2.23. The number of benzene rings is 1. The maximum Gasteiger partial charge on any atom is 0.441 e. The maximum atomic E-state index is 12.2. The molecule has 0 aliphatic rings. The number of hydrogen-bond donors (Lipinski definition) is 1. The van der Waals surface area contributed by atoms with Gasteiger partial charge in [-0.25, -0.2) is 0 Å². The third-order valence-electron chi connectivity index (χ3n) is 2.82. The van der Waals surface area contributed by atoms with Crippen molar-refractivity contribution >= 4 is 11.8 Å². The van der Waals surface area contributed by atoms with E-state index in [9.17, 15) is 13.2 Å². The van der Waals surface area contributed by atoms with Crippen LogP contribution in [0.2, 0.25) is 0 Å². The van der Waals surface area contributed by atoms with Crippen LogP contribution in [-0.2, 0) is 0 Å². The van der Waals surface area contributed by atoms with E-state index in [2.05, 4.69) is 12.2 Å². The number of nitrogens with one attached hydrogen (secondary N) is 1. The Hall–Kier alpha value is -0.680. The summed E-state index contributed by atoms with van der Waals surface area (Å²) in [5.41, 5.74) is -3.02. The molecule has 1 aromatic rings. The Bertz CT molecular complexity index is 340. The van der Waals surface area contributed by atoms with Crippen LogP contribution in [0.25, 0.3) is 0 Å². The minimum Gasteiger partial charge on any atom is -0.316 e. The summed E-state index contributed by atoms with van der Waals surface area (Å²) in [6.07, 6.45) is 1.56. The van der Waals surface area contributed by atoms with Gasteiger partial charge < -0.3 is 5.32 Å². The molecule has 19 heavy (non-hydrogen) atoms. The van der Waals surface area contributed by atoms with Gasteiger partial charge in [-0.3, -0.25) is 0 Å². The van der Waals surface area contributed by atoms with E-state index in [4.69, 9.17) is 0 Å². The van der Waals surface area contributed by atoms with E-state index < -0.39 is 5.51 Å². The van der Waals surface area contributed by atoms with Gasteiger partial charge in [-0.1, -0.05) is 49.0 Å². The van der Waals surface area contributed by atoms with Crippen LogP contribution in [-0.4, -0.2) is 24.4 Å². The summed E-state index contributed by atoms with van der Waals surface area (Å²) in [4.78, 5) is 0. The van der Waals surface area contributed by atoms with E-state index in [0.29, 0.717) is 6.42 Å². The van der Waals surface area contributed by atoms with Gasteiger partial charge in [-0.2, -0.15) is 13.2 Å². The van der Waals surface area contributed by atoms with Crippen molar-refractivity contribution in [2.75, 3.05) is 18.8 Å². The molecular weight excluding hydrogens is 271 g/mol. The Labute approximate surface area is 117 Å². The number of thioether (sulfide) groups is 1. The lowest BCUT2D eigenvalue weighted by Gasteiger charge is -2.18. The first kappa shape index (κ1) is 16.4. The van der Waals surface area contributed by atoms with Crippen molar-refractivity contribution in [1.29, 1.82) is 0 Å².